The van der Waals surface area contributed by atoms with Gasteiger partial charge in [0.1, 0.15) is 0 Å². The van der Waals surface area contributed by atoms with Crippen LogP contribution in [0.5, 0.6) is 0 Å². The molecule has 0 aliphatic heterocycles. The second-order valence-electron chi connectivity index (χ2n) is 3.90. The maximum atomic E-state index is 6.01. The van der Waals surface area contributed by atoms with Crippen LogP contribution in [0.4, 0.5) is 0 Å². The van der Waals surface area contributed by atoms with Crippen molar-refractivity contribution in [1.82, 2.24) is 0 Å². The molecule has 96 valence electrons. The minimum Gasteiger partial charge on any atom is -0.330 e. The van der Waals surface area contributed by atoms with Crippen molar-refractivity contribution in [1.29, 1.82) is 0 Å². The zero-order valence-electron chi connectivity index (χ0n) is 9.64. The van der Waals surface area contributed by atoms with E-state index in [1.807, 2.05) is 30.3 Å². The van der Waals surface area contributed by atoms with Crippen molar-refractivity contribution in [2.45, 2.75) is 5.92 Å². The molecular weight excluding hydrogens is 289 g/mol. The third-order valence-corrected chi connectivity index (χ3v) is 3.16. The Hall–Kier alpha value is -0.730. The topological polar surface area (TPSA) is 26.0 Å². The SMILES string of the molecule is Cl.NCC(c1ccccc1)c1cc(Cl)cc(Cl)c1. The van der Waals surface area contributed by atoms with Crippen molar-refractivity contribution in [3.63, 3.8) is 0 Å². The fourth-order valence-corrected chi connectivity index (χ4v) is 2.47. The molecule has 0 amide bonds. The molecule has 0 fully saturated rings. The van der Waals surface area contributed by atoms with Crippen LogP contribution in [0.2, 0.25) is 10.0 Å². The van der Waals surface area contributed by atoms with Crippen molar-refractivity contribution in [3.05, 3.63) is 69.7 Å². The Bertz CT molecular complexity index is 479. The van der Waals surface area contributed by atoms with E-state index in [-0.39, 0.29) is 18.3 Å². The van der Waals surface area contributed by atoms with Crippen LogP contribution < -0.4 is 5.73 Å². The molecule has 2 rings (SSSR count). The number of rotatable bonds is 3. The second kappa shape index (κ2) is 7.01. The second-order valence-corrected chi connectivity index (χ2v) is 4.77. The largest absolute Gasteiger partial charge is 0.330 e. The van der Waals surface area contributed by atoms with Gasteiger partial charge >= 0.3 is 0 Å². The summed E-state index contributed by atoms with van der Waals surface area (Å²) in [6.07, 6.45) is 0. The average molecular weight is 303 g/mol. The maximum absolute atomic E-state index is 6.01. The number of hydrogen-bond donors (Lipinski definition) is 1. The standard InChI is InChI=1S/C14H13Cl2N.ClH/c15-12-6-11(7-13(16)8-12)14(9-17)10-4-2-1-3-5-10;/h1-8,14H,9,17H2;1H. The summed E-state index contributed by atoms with van der Waals surface area (Å²) in [6.45, 7) is 0.528. The van der Waals surface area contributed by atoms with Gasteiger partial charge in [0.2, 0.25) is 0 Å². The molecule has 0 aliphatic rings. The maximum Gasteiger partial charge on any atom is 0.0423 e. The Balaban J connectivity index is 0.00000162. The molecule has 0 radical (unpaired) electrons. The molecule has 4 heteroatoms. The molecule has 2 aromatic carbocycles. The van der Waals surface area contributed by atoms with Crippen LogP contribution in [0.25, 0.3) is 0 Å². The summed E-state index contributed by atoms with van der Waals surface area (Å²) in [5.74, 6) is 0.132. The Morgan fingerprint density at radius 3 is 1.94 bits per heavy atom. The summed E-state index contributed by atoms with van der Waals surface area (Å²) in [5, 5.41) is 1.28. The van der Waals surface area contributed by atoms with Crippen LogP contribution in [0.3, 0.4) is 0 Å². The van der Waals surface area contributed by atoms with E-state index in [4.69, 9.17) is 28.9 Å². The third kappa shape index (κ3) is 3.63. The fourth-order valence-electron chi connectivity index (χ4n) is 1.93. The quantitative estimate of drug-likeness (QED) is 0.887. The van der Waals surface area contributed by atoms with E-state index < -0.39 is 0 Å². The molecule has 2 aromatic rings. The van der Waals surface area contributed by atoms with Crippen LogP contribution >= 0.6 is 35.6 Å². The first-order valence-corrected chi connectivity index (χ1v) is 6.17. The summed E-state index contributed by atoms with van der Waals surface area (Å²) in [5.41, 5.74) is 8.08. The predicted octanol–water partition coefficient (Wildman–Crippen LogP) is 4.51. The van der Waals surface area contributed by atoms with Crippen molar-refractivity contribution in [3.8, 4) is 0 Å². The van der Waals surface area contributed by atoms with E-state index in [0.29, 0.717) is 16.6 Å². The van der Waals surface area contributed by atoms with Gasteiger partial charge in [-0.3, -0.25) is 0 Å². The minimum atomic E-state index is 0. The molecule has 1 nitrogen and oxygen atoms in total. The zero-order valence-corrected chi connectivity index (χ0v) is 12.0. The highest BCUT2D eigenvalue weighted by Crippen LogP contribution is 2.28. The van der Waals surface area contributed by atoms with Crippen LogP contribution in [0.15, 0.2) is 48.5 Å². The van der Waals surface area contributed by atoms with Gasteiger partial charge in [-0.2, -0.15) is 0 Å². The highest BCUT2D eigenvalue weighted by Gasteiger charge is 2.13. The number of hydrogen-bond acceptors (Lipinski definition) is 1. The van der Waals surface area contributed by atoms with Gasteiger partial charge < -0.3 is 5.73 Å². The van der Waals surface area contributed by atoms with E-state index in [1.165, 1.54) is 5.56 Å². The van der Waals surface area contributed by atoms with Crippen LogP contribution in [-0.4, -0.2) is 6.54 Å². The normalized spacial score (nSPS) is 11.7. The van der Waals surface area contributed by atoms with E-state index in [1.54, 1.807) is 6.07 Å². The summed E-state index contributed by atoms with van der Waals surface area (Å²) in [7, 11) is 0. The zero-order chi connectivity index (χ0) is 12.3. The molecule has 2 N–H and O–H groups in total. The molecule has 18 heavy (non-hydrogen) atoms. The lowest BCUT2D eigenvalue weighted by Gasteiger charge is -2.16. The summed E-state index contributed by atoms with van der Waals surface area (Å²) in [4.78, 5) is 0. The minimum absolute atomic E-state index is 0. The van der Waals surface area contributed by atoms with Gasteiger partial charge in [-0.05, 0) is 29.3 Å². The summed E-state index contributed by atoms with van der Waals surface area (Å²) in [6, 6.07) is 15.7. The van der Waals surface area contributed by atoms with Gasteiger partial charge in [0, 0.05) is 22.5 Å². The first kappa shape index (κ1) is 15.3. The monoisotopic (exact) mass is 301 g/mol. The molecule has 0 saturated carbocycles. The number of halogens is 3. The van der Waals surface area contributed by atoms with Gasteiger partial charge in [0.25, 0.3) is 0 Å². The highest BCUT2D eigenvalue weighted by molar-refractivity contribution is 6.34. The first-order valence-electron chi connectivity index (χ1n) is 5.41. The predicted molar refractivity (Wildman–Crippen MR) is 81.0 cm³/mol. The summed E-state index contributed by atoms with van der Waals surface area (Å²) < 4.78 is 0. The number of benzene rings is 2. The van der Waals surface area contributed by atoms with Crippen molar-refractivity contribution in [2.24, 2.45) is 5.73 Å². The van der Waals surface area contributed by atoms with Gasteiger partial charge in [0.05, 0.1) is 0 Å². The lowest BCUT2D eigenvalue weighted by atomic mass is 9.91. The van der Waals surface area contributed by atoms with E-state index >= 15 is 0 Å². The van der Waals surface area contributed by atoms with Gasteiger partial charge in [-0.1, -0.05) is 53.5 Å². The smallest absolute Gasteiger partial charge is 0.0423 e. The highest BCUT2D eigenvalue weighted by atomic mass is 35.5. The molecule has 0 aromatic heterocycles. The summed E-state index contributed by atoms with van der Waals surface area (Å²) >= 11 is 12.0. The van der Waals surface area contributed by atoms with Crippen molar-refractivity contribution >= 4 is 35.6 Å². The van der Waals surface area contributed by atoms with E-state index in [9.17, 15) is 0 Å². The molecule has 0 spiro atoms. The van der Waals surface area contributed by atoms with Crippen LogP contribution in [-0.2, 0) is 0 Å². The average Bonchev–Trinajstić information content (AvgIpc) is 2.30. The van der Waals surface area contributed by atoms with Crippen molar-refractivity contribution < 1.29 is 0 Å². The Labute approximate surface area is 123 Å². The van der Waals surface area contributed by atoms with Crippen LogP contribution in [0, 0.1) is 0 Å². The molecule has 1 atom stereocenters. The van der Waals surface area contributed by atoms with Gasteiger partial charge in [0.15, 0.2) is 0 Å². The van der Waals surface area contributed by atoms with E-state index in [0.717, 1.165) is 5.56 Å². The lowest BCUT2D eigenvalue weighted by molar-refractivity contribution is 0.819. The molecule has 1 unspecified atom stereocenters. The molecular formula is C14H14Cl3N. The Kier molecular flexibility index (Phi) is 5.97. The Morgan fingerprint density at radius 1 is 0.889 bits per heavy atom. The molecule has 0 aliphatic carbocycles. The third-order valence-electron chi connectivity index (χ3n) is 2.72. The number of nitrogens with two attached hydrogens (primary N) is 1. The van der Waals surface area contributed by atoms with Gasteiger partial charge in [-0.25, -0.2) is 0 Å². The molecule has 0 heterocycles. The Morgan fingerprint density at radius 2 is 1.44 bits per heavy atom. The van der Waals surface area contributed by atoms with Crippen LogP contribution in [0.1, 0.15) is 17.0 Å². The van der Waals surface area contributed by atoms with E-state index in [2.05, 4.69) is 12.1 Å². The van der Waals surface area contributed by atoms with Crippen molar-refractivity contribution in [2.75, 3.05) is 6.54 Å². The molecule has 0 saturated heterocycles. The first-order chi connectivity index (χ1) is 8.20. The fraction of sp³-hybridized carbons (Fsp3) is 0.143. The lowest BCUT2D eigenvalue weighted by Crippen LogP contribution is -2.13. The van der Waals surface area contributed by atoms with Gasteiger partial charge in [-0.15, -0.1) is 12.4 Å². The molecule has 0 bridgehead atoms.